The van der Waals surface area contributed by atoms with Gasteiger partial charge in [-0.05, 0) is 17.0 Å². The molecule has 1 aliphatic rings. The van der Waals surface area contributed by atoms with Gasteiger partial charge in [0, 0.05) is 26.1 Å². The van der Waals surface area contributed by atoms with Crippen molar-refractivity contribution in [1.29, 1.82) is 0 Å². The van der Waals surface area contributed by atoms with E-state index in [1.165, 1.54) is 23.4 Å². The van der Waals surface area contributed by atoms with Gasteiger partial charge in [0.1, 0.15) is 11.4 Å². The SMILES string of the molecule is Cn1nc(C(F)F)cc1C(=O)N1C[C@@H](c2ccccc2)C(C)(C)C1. The van der Waals surface area contributed by atoms with Crippen LogP contribution in [0.2, 0.25) is 0 Å². The lowest BCUT2D eigenvalue weighted by atomic mass is 9.78. The van der Waals surface area contributed by atoms with Crippen LogP contribution in [-0.4, -0.2) is 33.7 Å². The molecule has 6 heteroatoms. The molecule has 3 rings (SSSR count). The molecule has 1 saturated heterocycles. The lowest BCUT2D eigenvalue weighted by molar-refractivity contribution is 0.0767. The van der Waals surface area contributed by atoms with Crippen molar-refractivity contribution in [2.24, 2.45) is 12.5 Å². The number of carbonyl (C=O) groups is 1. The first-order valence-corrected chi connectivity index (χ1v) is 7.96. The first-order valence-electron chi connectivity index (χ1n) is 7.96. The summed E-state index contributed by atoms with van der Waals surface area (Å²) in [6.07, 6.45) is -2.68. The molecule has 1 aromatic heterocycles. The van der Waals surface area contributed by atoms with E-state index >= 15 is 0 Å². The summed E-state index contributed by atoms with van der Waals surface area (Å²) in [5.74, 6) is -0.0335. The van der Waals surface area contributed by atoms with Gasteiger partial charge in [-0.25, -0.2) is 8.78 Å². The predicted octanol–water partition coefficient (Wildman–Crippen LogP) is 3.62. The second kappa shape index (κ2) is 6.00. The summed E-state index contributed by atoms with van der Waals surface area (Å²) in [7, 11) is 1.52. The van der Waals surface area contributed by atoms with Gasteiger partial charge in [-0.3, -0.25) is 9.48 Å². The summed E-state index contributed by atoms with van der Waals surface area (Å²) in [5.41, 5.74) is 0.950. The average Bonchev–Trinajstić information content (AvgIpc) is 3.07. The molecule has 128 valence electrons. The molecule has 24 heavy (non-hydrogen) atoms. The number of likely N-dealkylation sites (tertiary alicyclic amines) is 1. The Morgan fingerprint density at radius 2 is 1.96 bits per heavy atom. The summed E-state index contributed by atoms with van der Waals surface area (Å²) in [5, 5.41) is 3.74. The molecule has 4 nitrogen and oxygen atoms in total. The van der Waals surface area contributed by atoms with Crippen LogP contribution in [0.3, 0.4) is 0 Å². The average molecular weight is 333 g/mol. The monoisotopic (exact) mass is 333 g/mol. The second-order valence-electron chi connectivity index (χ2n) is 7.02. The van der Waals surface area contributed by atoms with Gasteiger partial charge in [0.25, 0.3) is 12.3 Å². The highest BCUT2D eigenvalue weighted by Crippen LogP contribution is 2.42. The molecule has 2 heterocycles. The summed E-state index contributed by atoms with van der Waals surface area (Å²) in [6.45, 7) is 5.42. The van der Waals surface area contributed by atoms with Gasteiger partial charge in [-0.15, -0.1) is 0 Å². The molecule has 0 unspecified atom stereocenters. The number of alkyl halides is 2. The van der Waals surface area contributed by atoms with E-state index in [1.54, 1.807) is 4.90 Å². The van der Waals surface area contributed by atoms with E-state index in [4.69, 9.17) is 0 Å². The Balaban J connectivity index is 1.85. The number of amides is 1. The number of aromatic nitrogens is 2. The topological polar surface area (TPSA) is 38.1 Å². The molecule has 0 N–H and O–H groups in total. The van der Waals surface area contributed by atoms with E-state index in [9.17, 15) is 13.6 Å². The number of hydrogen-bond donors (Lipinski definition) is 0. The minimum atomic E-state index is -2.68. The zero-order valence-corrected chi connectivity index (χ0v) is 14.0. The van der Waals surface area contributed by atoms with Crippen LogP contribution in [0.5, 0.6) is 0 Å². The van der Waals surface area contributed by atoms with Crippen LogP contribution in [0.25, 0.3) is 0 Å². The van der Waals surface area contributed by atoms with Gasteiger partial charge in [0.2, 0.25) is 0 Å². The minimum absolute atomic E-state index is 0.0822. The Morgan fingerprint density at radius 3 is 2.54 bits per heavy atom. The lowest BCUT2D eigenvalue weighted by Crippen LogP contribution is -2.31. The quantitative estimate of drug-likeness (QED) is 0.860. The van der Waals surface area contributed by atoms with Crippen LogP contribution in [0.4, 0.5) is 8.78 Å². The minimum Gasteiger partial charge on any atom is -0.336 e. The van der Waals surface area contributed by atoms with Gasteiger partial charge in [0.15, 0.2) is 0 Å². The number of carbonyl (C=O) groups excluding carboxylic acids is 1. The summed E-state index contributed by atoms with van der Waals surface area (Å²) < 4.78 is 26.9. The molecule has 0 spiro atoms. The molecule has 1 fully saturated rings. The van der Waals surface area contributed by atoms with Crippen molar-refractivity contribution in [3.8, 4) is 0 Å². The molecular weight excluding hydrogens is 312 g/mol. The molecule has 0 radical (unpaired) electrons. The Kier molecular flexibility index (Phi) is 4.15. The van der Waals surface area contributed by atoms with Gasteiger partial charge >= 0.3 is 0 Å². The normalized spacial score (nSPS) is 19.9. The first kappa shape index (κ1) is 16.6. The van der Waals surface area contributed by atoms with Crippen molar-refractivity contribution < 1.29 is 13.6 Å². The Morgan fingerprint density at radius 1 is 1.29 bits per heavy atom. The van der Waals surface area contributed by atoms with E-state index in [-0.39, 0.29) is 28.6 Å². The molecular formula is C18H21F2N3O. The van der Waals surface area contributed by atoms with Crippen molar-refractivity contribution >= 4 is 5.91 Å². The Labute approximate surface area is 140 Å². The van der Waals surface area contributed by atoms with Crippen LogP contribution < -0.4 is 0 Å². The van der Waals surface area contributed by atoms with Gasteiger partial charge in [-0.1, -0.05) is 44.2 Å². The van der Waals surface area contributed by atoms with E-state index < -0.39 is 6.43 Å². The highest BCUT2D eigenvalue weighted by Gasteiger charge is 2.42. The molecule has 1 atom stereocenters. The summed E-state index contributed by atoms with van der Waals surface area (Å²) in [6, 6.07) is 11.3. The van der Waals surface area contributed by atoms with Crippen molar-refractivity contribution in [3.63, 3.8) is 0 Å². The molecule has 1 aliphatic heterocycles. The third kappa shape index (κ3) is 2.92. The smallest absolute Gasteiger partial charge is 0.282 e. The molecule has 1 aromatic carbocycles. The van der Waals surface area contributed by atoms with Crippen LogP contribution in [0.1, 0.15) is 47.9 Å². The fourth-order valence-electron chi connectivity index (χ4n) is 3.49. The third-order valence-electron chi connectivity index (χ3n) is 4.78. The van der Waals surface area contributed by atoms with Crippen LogP contribution in [-0.2, 0) is 7.05 Å². The van der Waals surface area contributed by atoms with E-state index in [0.29, 0.717) is 13.1 Å². The molecule has 0 bridgehead atoms. The largest absolute Gasteiger partial charge is 0.336 e. The molecule has 2 aromatic rings. The van der Waals surface area contributed by atoms with Crippen molar-refractivity contribution in [1.82, 2.24) is 14.7 Å². The maximum absolute atomic E-state index is 12.8. The van der Waals surface area contributed by atoms with E-state index in [2.05, 4.69) is 31.1 Å². The van der Waals surface area contributed by atoms with Crippen LogP contribution >= 0.6 is 0 Å². The maximum Gasteiger partial charge on any atom is 0.282 e. The first-order chi connectivity index (χ1) is 11.3. The van der Waals surface area contributed by atoms with Crippen LogP contribution in [0, 0.1) is 5.41 Å². The number of aryl methyl sites for hydroxylation is 1. The fraction of sp³-hybridized carbons (Fsp3) is 0.444. The number of hydrogen-bond acceptors (Lipinski definition) is 2. The Bertz CT molecular complexity index is 740. The molecule has 0 saturated carbocycles. The van der Waals surface area contributed by atoms with Crippen molar-refractivity contribution in [2.75, 3.05) is 13.1 Å². The third-order valence-corrected chi connectivity index (χ3v) is 4.78. The maximum atomic E-state index is 12.8. The zero-order chi connectivity index (χ0) is 17.5. The Hall–Kier alpha value is -2.24. The van der Waals surface area contributed by atoms with Crippen LogP contribution in [0.15, 0.2) is 36.4 Å². The van der Waals surface area contributed by atoms with Gasteiger partial charge in [0.05, 0.1) is 0 Å². The summed E-state index contributed by atoms with van der Waals surface area (Å²) >= 11 is 0. The van der Waals surface area contributed by atoms with Crippen molar-refractivity contribution in [2.45, 2.75) is 26.2 Å². The van der Waals surface area contributed by atoms with Crippen molar-refractivity contribution in [3.05, 3.63) is 53.3 Å². The number of halogens is 2. The predicted molar refractivity (Wildman–Crippen MR) is 87.0 cm³/mol. The highest BCUT2D eigenvalue weighted by atomic mass is 19.3. The van der Waals surface area contributed by atoms with E-state index in [0.717, 1.165) is 0 Å². The lowest BCUT2D eigenvalue weighted by Gasteiger charge is -2.25. The standard InChI is InChI=1S/C18H21F2N3O/c1-18(2)11-23(10-13(18)12-7-5-4-6-8-12)17(24)15-9-14(16(19)20)21-22(15)3/h4-9,13,16H,10-11H2,1-3H3/t13-/m0/s1. The fourth-order valence-corrected chi connectivity index (χ4v) is 3.49. The van der Waals surface area contributed by atoms with Gasteiger partial charge in [-0.2, -0.15) is 5.10 Å². The zero-order valence-electron chi connectivity index (χ0n) is 14.0. The highest BCUT2D eigenvalue weighted by molar-refractivity contribution is 5.93. The van der Waals surface area contributed by atoms with Gasteiger partial charge < -0.3 is 4.90 Å². The second-order valence-corrected chi connectivity index (χ2v) is 7.02. The number of nitrogens with zero attached hydrogens (tertiary/aromatic N) is 3. The molecule has 1 amide bonds. The molecule has 0 aliphatic carbocycles. The van der Waals surface area contributed by atoms with E-state index in [1.807, 2.05) is 18.2 Å². The number of benzene rings is 1. The number of rotatable bonds is 3. The summed E-state index contributed by atoms with van der Waals surface area (Å²) in [4.78, 5) is 14.5.